The van der Waals surface area contributed by atoms with Crippen LogP contribution in [0.1, 0.15) is 18.1 Å². The molecule has 1 amide bonds. The van der Waals surface area contributed by atoms with Crippen LogP contribution in [0.2, 0.25) is 5.02 Å². The zero-order chi connectivity index (χ0) is 21.8. The quantitative estimate of drug-likeness (QED) is 0.686. The molecule has 156 valence electrons. The number of halogens is 1. The van der Waals surface area contributed by atoms with Gasteiger partial charge in [-0.15, -0.1) is 0 Å². The first-order valence-corrected chi connectivity index (χ1v) is 10.1. The van der Waals surface area contributed by atoms with Gasteiger partial charge in [-0.2, -0.15) is 0 Å². The Hall–Kier alpha value is -2.97. The molecule has 0 unspecified atom stereocenters. The third-order valence-electron chi connectivity index (χ3n) is 4.17. The summed E-state index contributed by atoms with van der Waals surface area (Å²) < 4.78 is 10.6. The van der Waals surface area contributed by atoms with Crippen LogP contribution in [0.4, 0.5) is 5.69 Å². The number of methoxy groups -OCH3 is 1. The highest BCUT2D eigenvalue weighted by Crippen LogP contribution is 2.33. The molecular weight excluding hydrogens is 428 g/mol. The first kappa shape index (κ1) is 21.7. The monoisotopic (exact) mass is 445 g/mol. The summed E-state index contributed by atoms with van der Waals surface area (Å²) in [7, 11) is 1.44. The zero-order valence-corrected chi connectivity index (χ0v) is 18.0. The molecule has 1 heterocycles. The van der Waals surface area contributed by atoms with Gasteiger partial charge in [-0.05, 0) is 67.1 Å². The van der Waals surface area contributed by atoms with Gasteiger partial charge in [-0.1, -0.05) is 23.7 Å². The smallest absolute Gasteiger partial charge is 0.264 e. The molecule has 1 saturated heterocycles. The molecule has 0 radical (unpaired) electrons. The molecule has 1 N–H and O–H groups in total. The molecule has 3 rings (SSSR count). The Bertz CT molecular complexity index is 1070. The van der Waals surface area contributed by atoms with Crippen molar-refractivity contribution in [2.75, 3.05) is 7.11 Å². The van der Waals surface area contributed by atoms with Gasteiger partial charge in [0.15, 0.2) is 16.7 Å². The van der Waals surface area contributed by atoms with Crippen molar-refractivity contribution in [3.05, 3.63) is 57.5 Å². The third kappa shape index (κ3) is 5.14. The Balaban J connectivity index is 1.83. The molecular formula is C21H18ClN2O5S-. The van der Waals surface area contributed by atoms with E-state index >= 15 is 0 Å². The molecule has 9 heteroatoms. The molecule has 0 saturated carbocycles. The van der Waals surface area contributed by atoms with Gasteiger partial charge in [-0.3, -0.25) is 4.79 Å². The van der Waals surface area contributed by atoms with Crippen LogP contribution in [0.3, 0.4) is 0 Å². The summed E-state index contributed by atoms with van der Waals surface area (Å²) in [5.41, 5.74) is 2.29. The summed E-state index contributed by atoms with van der Waals surface area (Å²) in [5, 5.41) is 14.6. The van der Waals surface area contributed by atoms with Crippen molar-refractivity contribution >= 4 is 52.2 Å². The number of aryl methyl sites for hydroxylation is 1. The van der Waals surface area contributed by atoms with E-state index in [0.29, 0.717) is 32.1 Å². The van der Waals surface area contributed by atoms with Gasteiger partial charge in [0.05, 0.1) is 23.7 Å². The van der Waals surface area contributed by atoms with Crippen molar-refractivity contribution in [2.45, 2.75) is 20.0 Å². The number of carbonyl (C=O) groups excluding carboxylic acids is 2. The lowest BCUT2D eigenvalue weighted by Crippen LogP contribution is -2.37. The second-order valence-electron chi connectivity index (χ2n) is 6.40. The van der Waals surface area contributed by atoms with E-state index in [-0.39, 0.29) is 11.7 Å². The summed E-state index contributed by atoms with van der Waals surface area (Å²) in [6, 6.07) is 10.3. The van der Waals surface area contributed by atoms with Gasteiger partial charge in [0.1, 0.15) is 6.10 Å². The maximum Gasteiger partial charge on any atom is 0.264 e. The highest BCUT2D eigenvalue weighted by molar-refractivity contribution is 8.18. The standard InChI is InChI=1S/C21H19ClN2O5S/c1-11-4-6-14(22)10-15(11)23-21-24-19(25)18(30-21)9-13-5-7-16(17(8-13)28-3)29-12(2)20(26)27/h4-10,12H,1-3H3,(H,26,27)(H,23,24,25)/p-1/b18-9-/t12-/m0/s1. The van der Waals surface area contributed by atoms with E-state index in [2.05, 4.69) is 10.3 Å². The molecule has 7 nitrogen and oxygen atoms in total. The number of amides is 1. The average molecular weight is 446 g/mol. The Kier molecular flexibility index (Phi) is 6.69. The maximum atomic E-state index is 12.3. The van der Waals surface area contributed by atoms with Crippen LogP contribution >= 0.6 is 23.4 Å². The number of hydrogen-bond donors (Lipinski definition) is 1. The summed E-state index contributed by atoms with van der Waals surface area (Å²) in [4.78, 5) is 28.1. The fraction of sp³-hybridized carbons (Fsp3) is 0.190. The highest BCUT2D eigenvalue weighted by atomic mass is 35.5. The van der Waals surface area contributed by atoms with E-state index in [1.165, 1.54) is 25.8 Å². The van der Waals surface area contributed by atoms with Gasteiger partial charge < -0.3 is 24.7 Å². The van der Waals surface area contributed by atoms with E-state index in [0.717, 1.165) is 5.56 Å². The fourth-order valence-corrected chi connectivity index (χ4v) is 3.56. The van der Waals surface area contributed by atoms with Crippen molar-refractivity contribution in [3.8, 4) is 11.5 Å². The molecule has 0 bridgehead atoms. The fourth-order valence-electron chi connectivity index (χ4n) is 2.55. The van der Waals surface area contributed by atoms with E-state index < -0.39 is 12.1 Å². The molecule has 1 aliphatic rings. The highest BCUT2D eigenvalue weighted by Gasteiger charge is 2.24. The van der Waals surface area contributed by atoms with Gasteiger partial charge in [0.25, 0.3) is 5.91 Å². The van der Waals surface area contributed by atoms with Crippen molar-refractivity contribution in [1.29, 1.82) is 0 Å². The van der Waals surface area contributed by atoms with Gasteiger partial charge in [0, 0.05) is 5.02 Å². The van der Waals surface area contributed by atoms with Crippen LogP contribution in [-0.4, -0.2) is 30.3 Å². The summed E-state index contributed by atoms with van der Waals surface area (Å²) in [6.07, 6.45) is 0.551. The minimum absolute atomic E-state index is 0.263. The minimum Gasteiger partial charge on any atom is -0.546 e. The first-order chi connectivity index (χ1) is 14.3. The maximum absolute atomic E-state index is 12.3. The second kappa shape index (κ2) is 9.23. The van der Waals surface area contributed by atoms with Gasteiger partial charge in [-0.25, -0.2) is 4.99 Å². The number of hydrogen-bond acceptors (Lipinski definition) is 7. The number of benzene rings is 2. The molecule has 0 aromatic heterocycles. The normalized spacial score (nSPS) is 17.1. The van der Waals surface area contributed by atoms with Crippen molar-refractivity contribution in [1.82, 2.24) is 5.32 Å². The van der Waals surface area contributed by atoms with Crippen molar-refractivity contribution in [2.24, 2.45) is 4.99 Å². The van der Waals surface area contributed by atoms with Crippen LogP contribution in [0, 0.1) is 6.92 Å². The molecule has 1 atom stereocenters. The van der Waals surface area contributed by atoms with E-state index in [4.69, 9.17) is 21.1 Å². The molecule has 0 spiro atoms. The Morgan fingerprint density at radius 2 is 2.03 bits per heavy atom. The SMILES string of the molecule is COc1cc(/C=C2\SC(=Nc3cc(Cl)ccc3C)NC2=O)ccc1O[C@@H](C)C(=O)[O-]. The predicted molar refractivity (Wildman–Crippen MR) is 115 cm³/mol. The van der Waals surface area contributed by atoms with E-state index in [1.54, 1.807) is 36.4 Å². The topological polar surface area (TPSA) is 100 Å². The van der Waals surface area contributed by atoms with Gasteiger partial charge >= 0.3 is 0 Å². The molecule has 2 aromatic carbocycles. The van der Waals surface area contributed by atoms with Crippen LogP contribution in [0.15, 0.2) is 46.3 Å². The van der Waals surface area contributed by atoms with Crippen LogP contribution < -0.4 is 19.9 Å². The number of aliphatic carboxylic acids is 1. The number of aliphatic imine (C=N–C) groups is 1. The first-order valence-electron chi connectivity index (χ1n) is 8.88. The lowest BCUT2D eigenvalue weighted by Gasteiger charge is -2.17. The number of carboxylic acid groups (broad SMARTS) is 1. The summed E-state index contributed by atoms with van der Waals surface area (Å²) in [6.45, 7) is 3.28. The third-order valence-corrected chi connectivity index (χ3v) is 5.31. The van der Waals surface area contributed by atoms with Crippen molar-refractivity contribution in [3.63, 3.8) is 0 Å². The Morgan fingerprint density at radius 1 is 1.27 bits per heavy atom. The van der Waals surface area contributed by atoms with Crippen LogP contribution in [0.5, 0.6) is 11.5 Å². The molecule has 1 aliphatic heterocycles. The van der Waals surface area contributed by atoms with Crippen LogP contribution in [-0.2, 0) is 9.59 Å². The number of nitrogens with one attached hydrogen (secondary N) is 1. The largest absolute Gasteiger partial charge is 0.546 e. The molecule has 0 aliphatic carbocycles. The predicted octanol–water partition coefficient (Wildman–Crippen LogP) is 3.07. The van der Waals surface area contributed by atoms with Crippen molar-refractivity contribution < 1.29 is 24.2 Å². The second-order valence-corrected chi connectivity index (χ2v) is 7.87. The summed E-state index contributed by atoms with van der Waals surface area (Å²) >= 11 is 7.23. The number of amidine groups is 1. The number of ether oxygens (including phenoxy) is 2. The number of rotatable bonds is 6. The Morgan fingerprint density at radius 3 is 2.73 bits per heavy atom. The molecule has 1 fully saturated rings. The summed E-state index contributed by atoms with van der Waals surface area (Å²) in [5.74, 6) is -1.00. The minimum atomic E-state index is -1.33. The van der Waals surface area contributed by atoms with E-state index in [9.17, 15) is 14.7 Å². The lowest BCUT2D eigenvalue weighted by atomic mass is 10.2. The number of carboxylic acids is 1. The van der Waals surface area contributed by atoms with Crippen LogP contribution in [0.25, 0.3) is 6.08 Å². The van der Waals surface area contributed by atoms with E-state index in [1.807, 2.05) is 13.0 Å². The average Bonchev–Trinajstić information content (AvgIpc) is 3.04. The Labute approximate surface area is 182 Å². The number of nitrogens with zero attached hydrogens (tertiary/aromatic N) is 1. The zero-order valence-electron chi connectivity index (χ0n) is 16.4. The lowest BCUT2D eigenvalue weighted by molar-refractivity contribution is -0.312. The van der Waals surface area contributed by atoms with Gasteiger partial charge in [0.2, 0.25) is 0 Å². The molecule has 2 aromatic rings. The number of thioether (sulfide) groups is 1. The number of carbonyl (C=O) groups is 2. The molecule has 30 heavy (non-hydrogen) atoms.